The third kappa shape index (κ3) is 13.9. The minimum atomic E-state index is -1.92. The van der Waals surface area contributed by atoms with E-state index in [0.717, 1.165) is 19.3 Å². The lowest BCUT2D eigenvalue weighted by Gasteiger charge is -2.37. The van der Waals surface area contributed by atoms with Crippen LogP contribution in [0.5, 0.6) is 0 Å². The van der Waals surface area contributed by atoms with Crippen molar-refractivity contribution in [1.82, 2.24) is 10.6 Å². The van der Waals surface area contributed by atoms with E-state index in [0.29, 0.717) is 13.2 Å². The topological polar surface area (TPSA) is 85.9 Å². The van der Waals surface area contributed by atoms with Crippen LogP contribution in [0.2, 0.25) is 18.1 Å². The number of nitrogens with one attached hydrogen (secondary N) is 2. The van der Waals surface area contributed by atoms with Gasteiger partial charge in [-0.05, 0) is 78.9 Å². The van der Waals surface area contributed by atoms with E-state index >= 15 is 0 Å². The minimum absolute atomic E-state index is 0.0980. The highest BCUT2D eigenvalue weighted by atomic mass is 28.4. The maximum atomic E-state index is 12.3. The first-order chi connectivity index (χ1) is 13.3. The van der Waals surface area contributed by atoms with E-state index in [1.165, 1.54) is 0 Å². The molecule has 0 aliphatic rings. The Labute approximate surface area is 185 Å². The molecule has 2 amide bonds. The molecule has 7 nitrogen and oxygen atoms in total. The maximum Gasteiger partial charge on any atom is 0.407 e. The molecular formula is C22H46N2O5Si. The van der Waals surface area contributed by atoms with Crippen molar-refractivity contribution in [2.45, 2.75) is 117 Å². The van der Waals surface area contributed by atoms with Gasteiger partial charge < -0.3 is 24.5 Å². The molecule has 0 spiro atoms. The van der Waals surface area contributed by atoms with Gasteiger partial charge in [0.15, 0.2) is 8.32 Å². The largest absolute Gasteiger partial charge is 0.444 e. The molecule has 0 aromatic carbocycles. The zero-order valence-electron chi connectivity index (χ0n) is 21.2. The summed E-state index contributed by atoms with van der Waals surface area (Å²) in [6.07, 6.45) is 1.51. The van der Waals surface area contributed by atoms with Gasteiger partial charge in [0.2, 0.25) is 0 Å². The quantitative estimate of drug-likeness (QED) is 0.356. The average molecular weight is 447 g/mol. The third-order valence-corrected chi connectivity index (χ3v) is 9.32. The monoisotopic (exact) mass is 446 g/mol. The molecule has 0 unspecified atom stereocenters. The number of hydrogen-bond donors (Lipinski definition) is 2. The van der Waals surface area contributed by atoms with E-state index in [1.54, 1.807) is 0 Å². The Morgan fingerprint density at radius 3 is 1.80 bits per heavy atom. The lowest BCUT2D eigenvalue weighted by Crippen LogP contribution is -2.47. The minimum Gasteiger partial charge on any atom is -0.444 e. The molecule has 1 atom stereocenters. The van der Waals surface area contributed by atoms with Gasteiger partial charge in [-0.2, -0.15) is 0 Å². The molecule has 0 aliphatic heterocycles. The van der Waals surface area contributed by atoms with Gasteiger partial charge in [0, 0.05) is 6.54 Å². The van der Waals surface area contributed by atoms with Crippen LogP contribution in [0, 0.1) is 0 Å². The molecule has 30 heavy (non-hydrogen) atoms. The van der Waals surface area contributed by atoms with E-state index in [4.69, 9.17) is 13.9 Å². The average Bonchev–Trinajstić information content (AvgIpc) is 2.47. The number of unbranched alkanes of at least 4 members (excludes halogenated alkanes) is 1. The molecule has 8 heteroatoms. The van der Waals surface area contributed by atoms with Gasteiger partial charge in [0.05, 0.1) is 12.6 Å². The highest BCUT2D eigenvalue weighted by molar-refractivity contribution is 6.74. The predicted octanol–water partition coefficient (Wildman–Crippen LogP) is 5.60. The van der Waals surface area contributed by atoms with Gasteiger partial charge in [-0.15, -0.1) is 0 Å². The summed E-state index contributed by atoms with van der Waals surface area (Å²) >= 11 is 0. The van der Waals surface area contributed by atoms with Crippen LogP contribution in [0.25, 0.3) is 0 Å². The highest BCUT2D eigenvalue weighted by Gasteiger charge is 2.37. The third-order valence-electron chi connectivity index (χ3n) is 4.82. The van der Waals surface area contributed by atoms with Gasteiger partial charge in [-0.25, -0.2) is 9.59 Å². The van der Waals surface area contributed by atoms with Crippen molar-refractivity contribution in [3.8, 4) is 0 Å². The van der Waals surface area contributed by atoms with Crippen LogP contribution in [-0.4, -0.2) is 50.9 Å². The van der Waals surface area contributed by atoms with Gasteiger partial charge in [-0.1, -0.05) is 20.8 Å². The van der Waals surface area contributed by atoms with Crippen LogP contribution in [-0.2, 0) is 13.9 Å². The fraction of sp³-hybridized carbons (Fsp3) is 0.909. The second kappa shape index (κ2) is 11.4. The smallest absolute Gasteiger partial charge is 0.407 e. The summed E-state index contributed by atoms with van der Waals surface area (Å²) in [5, 5.41) is 5.81. The van der Waals surface area contributed by atoms with Crippen molar-refractivity contribution < 1.29 is 23.5 Å². The molecule has 0 radical (unpaired) electrons. The van der Waals surface area contributed by atoms with Crippen LogP contribution >= 0.6 is 0 Å². The molecule has 0 aromatic heterocycles. The first-order valence-corrected chi connectivity index (χ1v) is 13.8. The Kier molecular flexibility index (Phi) is 10.9. The van der Waals surface area contributed by atoms with Crippen LogP contribution in [0.1, 0.15) is 81.6 Å². The zero-order valence-corrected chi connectivity index (χ0v) is 22.2. The molecule has 178 valence electrons. The Hall–Kier alpha value is -1.28. The highest BCUT2D eigenvalue weighted by Crippen LogP contribution is 2.36. The van der Waals surface area contributed by atoms with Crippen LogP contribution in [0.15, 0.2) is 0 Å². The summed E-state index contributed by atoms with van der Waals surface area (Å²) < 4.78 is 17.0. The molecule has 0 aromatic rings. The first kappa shape index (κ1) is 28.7. The Bertz CT molecular complexity index is 545. The molecule has 0 bridgehead atoms. The summed E-state index contributed by atoms with van der Waals surface area (Å²) in [5.74, 6) is 0. The number of alkyl carbamates (subject to hydrolysis) is 2. The molecular weight excluding hydrogens is 400 g/mol. The number of ether oxygens (including phenoxy) is 2. The molecule has 0 rings (SSSR count). The second-order valence-corrected chi connectivity index (χ2v) is 16.1. The lowest BCUT2D eigenvalue weighted by atomic mass is 10.1. The molecule has 0 fully saturated rings. The van der Waals surface area contributed by atoms with E-state index in [-0.39, 0.29) is 11.1 Å². The number of carbonyl (C=O) groups excluding carboxylic acids is 2. The lowest BCUT2D eigenvalue weighted by molar-refractivity contribution is 0.0480. The van der Waals surface area contributed by atoms with E-state index in [9.17, 15) is 9.59 Å². The molecule has 0 saturated heterocycles. The van der Waals surface area contributed by atoms with Gasteiger partial charge in [-0.3, -0.25) is 0 Å². The molecule has 0 heterocycles. The summed E-state index contributed by atoms with van der Waals surface area (Å²) in [6, 6.07) is -0.143. The van der Waals surface area contributed by atoms with E-state index in [2.05, 4.69) is 44.5 Å². The summed E-state index contributed by atoms with van der Waals surface area (Å²) in [5.41, 5.74) is -1.06. The molecule has 0 aliphatic carbocycles. The number of rotatable bonds is 9. The van der Waals surface area contributed by atoms with Crippen LogP contribution < -0.4 is 10.6 Å². The van der Waals surface area contributed by atoms with Crippen molar-refractivity contribution in [2.75, 3.05) is 13.2 Å². The fourth-order valence-corrected chi connectivity index (χ4v) is 3.27. The molecule has 2 N–H and O–H groups in total. The Morgan fingerprint density at radius 2 is 1.33 bits per heavy atom. The van der Waals surface area contributed by atoms with Gasteiger partial charge in [0.25, 0.3) is 0 Å². The predicted molar refractivity (Wildman–Crippen MR) is 124 cm³/mol. The first-order valence-electron chi connectivity index (χ1n) is 10.9. The van der Waals surface area contributed by atoms with Crippen molar-refractivity contribution in [3.63, 3.8) is 0 Å². The number of amides is 2. The van der Waals surface area contributed by atoms with Gasteiger partial charge >= 0.3 is 12.2 Å². The van der Waals surface area contributed by atoms with Crippen molar-refractivity contribution in [2.24, 2.45) is 0 Å². The fourth-order valence-electron chi connectivity index (χ4n) is 2.22. The van der Waals surface area contributed by atoms with Crippen LogP contribution in [0.3, 0.4) is 0 Å². The van der Waals surface area contributed by atoms with E-state index in [1.807, 2.05) is 41.5 Å². The Morgan fingerprint density at radius 1 is 0.833 bits per heavy atom. The summed E-state index contributed by atoms with van der Waals surface area (Å²) in [6.45, 7) is 23.0. The van der Waals surface area contributed by atoms with E-state index < -0.39 is 31.7 Å². The summed E-state index contributed by atoms with van der Waals surface area (Å²) in [4.78, 5) is 24.0. The normalized spacial score (nSPS) is 14.1. The van der Waals surface area contributed by atoms with Crippen molar-refractivity contribution >= 4 is 20.5 Å². The van der Waals surface area contributed by atoms with Crippen molar-refractivity contribution in [1.29, 1.82) is 0 Å². The maximum absolute atomic E-state index is 12.3. The number of hydrogen-bond acceptors (Lipinski definition) is 5. The van der Waals surface area contributed by atoms with Crippen molar-refractivity contribution in [3.05, 3.63) is 0 Å². The van der Waals surface area contributed by atoms with Crippen LogP contribution in [0.4, 0.5) is 9.59 Å². The summed E-state index contributed by atoms with van der Waals surface area (Å²) in [7, 11) is -1.92. The Balaban J connectivity index is 4.66. The zero-order chi connectivity index (χ0) is 23.8. The standard InChI is InChI=1S/C22H46N2O5Si/c1-20(2,3)28-18(25)23-15-13-12-14-17(24-19(26)29-21(4,5)6)16-27-30(10,11)22(7,8)9/h17H,12-16H2,1-11H3,(H,23,25)(H,24,26)/t17-/m0/s1. The SMILES string of the molecule is CC(C)(C)OC(=O)NCCCC[C@@H](CO[Si](C)(C)C(C)(C)C)NC(=O)OC(C)(C)C. The molecule has 0 saturated carbocycles. The van der Waals surface area contributed by atoms with Gasteiger partial charge in [0.1, 0.15) is 11.2 Å². The second-order valence-electron chi connectivity index (χ2n) is 11.3. The number of carbonyl (C=O) groups is 2.